The number of aromatic carboxylic acids is 1. The normalized spacial score (nSPS) is 13.0. The zero-order valence-electron chi connectivity index (χ0n) is 12.8. The summed E-state index contributed by atoms with van der Waals surface area (Å²) in [4.78, 5) is 35.9. The van der Waals surface area contributed by atoms with Gasteiger partial charge in [-0.05, 0) is 12.5 Å². The van der Waals surface area contributed by atoms with E-state index in [1.165, 1.54) is 23.1 Å². The molecule has 1 aromatic heterocycles. The molecule has 0 aliphatic carbocycles. The summed E-state index contributed by atoms with van der Waals surface area (Å²) in [5, 5.41) is 20.2. The Hall–Kier alpha value is -3.16. The second-order valence-corrected chi connectivity index (χ2v) is 5.34. The van der Waals surface area contributed by atoms with Crippen molar-refractivity contribution in [2.24, 2.45) is 0 Å². The Labute approximate surface area is 136 Å². The predicted molar refractivity (Wildman–Crippen MR) is 83.5 cm³/mol. The molecule has 0 unspecified atom stereocenters. The number of hydrogen-bond donors (Lipinski definition) is 1. The molecule has 1 aliphatic heterocycles. The summed E-state index contributed by atoms with van der Waals surface area (Å²) < 4.78 is 5.39. The number of anilines is 1. The van der Waals surface area contributed by atoms with Gasteiger partial charge in [0.15, 0.2) is 5.76 Å². The van der Waals surface area contributed by atoms with Gasteiger partial charge in [-0.2, -0.15) is 0 Å². The first-order valence-electron chi connectivity index (χ1n) is 7.38. The fraction of sp³-hybridized carbons (Fsp3) is 0.250. The van der Waals surface area contributed by atoms with Gasteiger partial charge < -0.3 is 14.4 Å². The zero-order chi connectivity index (χ0) is 17.4. The lowest BCUT2D eigenvalue weighted by Gasteiger charge is -2.15. The van der Waals surface area contributed by atoms with E-state index in [1.54, 1.807) is 13.0 Å². The van der Waals surface area contributed by atoms with Gasteiger partial charge in [0, 0.05) is 25.1 Å². The second-order valence-electron chi connectivity index (χ2n) is 5.34. The van der Waals surface area contributed by atoms with E-state index in [-0.39, 0.29) is 29.3 Å². The lowest BCUT2D eigenvalue weighted by atomic mass is 10.1. The minimum atomic E-state index is -1.16. The Kier molecular flexibility index (Phi) is 3.80. The van der Waals surface area contributed by atoms with Crippen molar-refractivity contribution in [3.63, 3.8) is 0 Å². The van der Waals surface area contributed by atoms with Crippen LogP contribution in [0.25, 0.3) is 0 Å². The molecule has 3 rings (SSSR count). The van der Waals surface area contributed by atoms with Crippen LogP contribution in [0.2, 0.25) is 0 Å². The van der Waals surface area contributed by atoms with E-state index in [0.717, 1.165) is 0 Å². The lowest BCUT2D eigenvalue weighted by Crippen LogP contribution is -2.28. The highest BCUT2D eigenvalue weighted by atomic mass is 16.6. The van der Waals surface area contributed by atoms with Crippen molar-refractivity contribution in [2.75, 3.05) is 11.4 Å². The monoisotopic (exact) mass is 330 g/mol. The molecule has 8 nitrogen and oxygen atoms in total. The summed E-state index contributed by atoms with van der Waals surface area (Å²) in [7, 11) is 0. The van der Waals surface area contributed by atoms with Crippen molar-refractivity contribution in [3.05, 3.63) is 57.0 Å². The molecule has 0 radical (unpaired) electrons. The number of nitrogens with zero attached hydrogens (tertiary/aromatic N) is 2. The number of carboxylic acid groups (broad SMARTS) is 1. The summed E-state index contributed by atoms with van der Waals surface area (Å²) in [5.41, 5.74) is 0.888. The first-order chi connectivity index (χ1) is 11.4. The average Bonchev–Trinajstić information content (AvgIpc) is 3.17. The van der Waals surface area contributed by atoms with E-state index in [0.29, 0.717) is 24.1 Å². The number of nitro groups is 1. The van der Waals surface area contributed by atoms with Gasteiger partial charge in [0.05, 0.1) is 16.2 Å². The maximum atomic E-state index is 12.7. The number of rotatable bonds is 4. The highest BCUT2D eigenvalue weighted by molar-refractivity contribution is 6.07. The van der Waals surface area contributed by atoms with Gasteiger partial charge in [-0.3, -0.25) is 14.9 Å². The molecule has 2 aromatic rings. The molecule has 0 saturated carbocycles. The molecule has 2 heterocycles. The van der Waals surface area contributed by atoms with Gasteiger partial charge in [0.1, 0.15) is 11.3 Å². The van der Waals surface area contributed by atoms with Crippen LogP contribution < -0.4 is 4.90 Å². The topological polar surface area (TPSA) is 114 Å². The molecule has 1 amide bonds. The third-order valence-corrected chi connectivity index (χ3v) is 4.02. The fourth-order valence-electron chi connectivity index (χ4n) is 2.91. The van der Waals surface area contributed by atoms with Gasteiger partial charge >= 0.3 is 5.97 Å². The number of amides is 1. The van der Waals surface area contributed by atoms with Crippen molar-refractivity contribution < 1.29 is 24.0 Å². The first-order valence-corrected chi connectivity index (χ1v) is 7.38. The predicted octanol–water partition coefficient (Wildman–Crippen LogP) is 2.65. The highest BCUT2D eigenvalue weighted by Gasteiger charge is 2.33. The summed E-state index contributed by atoms with van der Waals surface area (Å²) in [6.07, 6.45) is 0.711. The van der Waals surface area contributed by atoms with Crippen molar-refractivity contribution in [3.8, 4) is 0 Å². The Balaban J connectivity index is 1.99. The smallest absolute Gasteiger partial charge is 0.339 e. The van der Waals surface area contributed by atoms with Crippen LogP contribution in [0.3, 0.4) is 0 Å². The van der Waals surface area contributed by atoms with Crippen molar-refractivity contribution >= 4 is 23.3 Å². The third kappa shape index (κ3) is 2.41. The molecule has 0 bridgehead atoms. The number of fused-ring (bicyclic) bond motifs is 1. The number of nitro benzene ring substituents is 1. The first kappa shape index (κ1) is 15.7. The van der Waals surface area contributed by atoms with Gasteiger partial charge in [-0.25, -0.2) is 4.79 Å². The highest BCUT2D eigenvalue weighted by Crippen LogP contribution is 2.35. The van der Waals surface area contributed by atoms with Crippen molar-refractivity contribution in [1.82, 2.24) is 0 Å². The Morgan fingerprint density at radius 2 is 2.17 bits per heavy atom. The maximum Gasteiger partial charge on any atom is 0.339 e. The van der Waals surface area contributed by atoms with Crippen LogP contribution in [-0.2, 0) is 12.8 Å². The van der Waals surface area contributed by atoms with Crippen LogP contribution in [-0.4, -0.2) is 28.5 Å². The fourth-order valence-corrected chi connectivity index (χ4v) is 2.91. The number of benzene rings is 1. The van der Waals surface area contributed by atoms with Gasteiger partial charge in [-0.15, -0.1) is 0 Å². The Morgan fingerprint density at radius 1 is 1.42 bits per heavy atom. The Morgan fingerprint density at radius 3 is 2.75 bits per heavy atom. The van der Waals surface area contributed by atoms with E-state index in [1.807, 2.05) is 0 Å². The number of carbonyl (C=O) groups is 2. The third-order valence-electron chi connectivity index (χ3n) is 4.02. The molecule has 1 aromatic carbocycles. The molecular weight excluding hydrogens is 316 g/mol. The van der Waals surface area contributed by atoms with E-state index >= 15 is 0 Å². The molecule has 124 valence electrons. The average molecular weight is 330 g/mol. The molecule has 0 atom stereocenters. The van der Waals surface area contributed by atoms with Crippen LogP contribution in [0.4, 0.5) is 11.4 Å². The van der Waals surface area contributed by atoms with Crippen LogP contribution in [0, 0.1) is 10.1 Å². The quantitative estimate of drug-likeness (QED) is 0.681. The van der Waals surface area contributed by atoms with E-state index < -0.39 is 16.8 Å². The minimum Gasteiger partial charge on any atom is -0.478 e. The molecule has 1 aliphatic rings. The lowest BCUT2D eigenvalue weighted by molar-refractivity contribution is -0.385. The van der Waals surface area contributed by atoms with Gasteiger partial charge in [0.25, 0.3) is 11.6 Å². The summed E-state index contributed by atoms with van der Waals surface area (Å²) in [5.74, 6) is -1.52. The van der Waals surface area contributed by atoms with E-state index in [4.69, 9.17) is 9.52 Å². The van der Waals surface area contributed by atoms with E-state index in [2.05, 4.69) is 0 Å². The molecule has 0 saturated heterocycles. The SMILES string of the molecule is CCc1oc(C(=O)N2CCc3c2cccc3[N+](=O)[O-])cc1C(=O)O. The van der Waals surface area contributed by atoms with Crippen molar-refractivity contribution in [2.45, 2.75) is 19.8 Å². The molecule has 1 N–H and O–H groups in total. The van der Waals surface area contributed by atoms with E-state index in [9.17, 15) is 19.7 Å². The second kappa shape index (κ2) is 5.80. The molecular formula is C16H14N2O6. The van der Waals surface area contributed by atoms with Crippen LogP contribution in [0.15, 0.2) is 28.7 Å². The zero-order valence-corrected chi connectivity index (χ0v) is 12.8. The number of carboxylic acids is 1. The number of hydrogen-bond acceptors (Lipinski definition) is 5. The van der Waals surface area contributed by atoms with Crippen molar-refractivity contribution in [1.29, 1.82) is 0 Å². The Bertz CT molecular complexity index is 854. The molecule has 0 fully saturated rings. The largest absolute Gasteiger partial charge is 0.478 e. The molecule has 24 heavy (non-hydrogen) atoms. The number of furan rings is 1. The maximum absolute atomic E-state index is 12.7. The summed E-state index contributed by atoms with van der Waals surface area (Å²) in [6, 6.07) is 5.76. The summed E-state index contributed by atoms with van der Waals surface area (Å²) in [6.45, 7) is 2.01. The standard InChI is InChI=1S/C16H14N2O6/c1-2-13-10(16(20)21)8-14(24-13)15(19)17-7-6-9-11(17)4-3-5-12(9)18(22)23/h3-5,8H,2,6-7H2,1H3,(H,20,21). The van der Waals surface area contributed by atoms with Gasteiger partial charge in [0.2, 0.25) is 0 Å². The molecule has 0 spiro atoms. The minimum absolute atomic E-state index is 0.0253. The van der Waals surface area contributed by atoms with Crippen LogP contribution >= 0.6 is 0 Å². The van der Waals surface area contributed by atoms with Crippen LogP contribution in [0.1, 0.15) is 39.2 Å². The number of aryl methyl sites for hydroxylation is 1. The molecule has 8 heteroatoms. The van der Waals surface area contributed by atoms with Gasteiger partial charge in [-0.1, -0.05) is 13.0 Å². The van der Waals surface area contributed by atoms with Crippen LogP contribution in [0.5, 0.6) is 0 Å². The number of carbonyl (C=O) groups excluding carboxylic acids is 1. The summed E-state index contributed by atoms with van der Waals surface area (Å²) >= 11 is 0.